The number of hydrogen-bond donors (Lipinski definition) is 0. The van der Waals surface area contributed by atoms with Crippen molar-refractivity contribution in [2.24, 2.45) is 5.18 Å². The van der Waals surface area contributed by atoms with E-state index in [2.05, 4.69) is 10.3 Å². The summed E-state index contributed by atoms with van der Waals surface area (Å²) in [5, 5.41) is 7.32. The van der Waals surface area contributed by atoms with Gasteiger partial charge in [-0.1, -0.05) is 12.1 Å². The molecule has 5 nitrogen and oxygen atoms in total. The van der Waals surface area contributed by atoms with Crippen LogP contribution in [0.5, 0.6) is 5.75 Å². The summed E-state index contributed by atoms with van der Waals surface area (Å²) in [4.78, 5) is 10.7. The number of aromatic nitrogens is 2. The maximum absolute atomic E-state index is 10.7. The topological polar surface area (TPSA) is 56.5 Å². The molecule has 0 aliphatic carbocycles. The van der Waals surface area contributed by atoms with Gasteiger partial charge in [-0.25, -0.2) is 0 Å². The SMILES string of the molecule is COc1ccc(Cn2nc(C)c(N=O)c2C)cc1. The molecule has 0 saturated heterocycles. The Hall–Kier alpha value is -2.17. The van der Waals surface area contributed by atoms with Crippen molar-refractivity contribution in [1.29, 1.82) is 0 Å². The molecule has 5 heteroatoms. The molecule has 0 radical (unpaired) electrons. The Labute approximate surface area is 105 Å². The van der Waals surface area contributed by atoms with E-state index in [0.717, 1.165) is 17.0 Å². The molecule has 0 fully saturated rings. The van der Waals surface area contributed by atoms with Crippen molar-refractivity contribution >= 4 is 5.69 Å². The summed E-state index contributed by atoms with van der Waals surface area (Å²) in [5.74, 6) is 0.822. The quantitative estimate of drug-likeness (QED) is 0.778. The zero-order valence-corrected chi connectivity index (χ0v) is 10.7. The lowest BCUT2D eigenvalue weighted by atomic mass is 10.2. The fourth-order valence-electron chi connectivity index (χ4n) is 1.88. The van der Waals surface area contributed by atoms with Gasteiger partial charge < -0.3 is 4.74 Å². The van der Waals surface area contributed by atoms with Crippen LogP contribution in [0.4, 0.5) is 5.69 Å². The van der Waals surface area contributed by atoms with Crippen LogP contribution in [0, 0.1) is 18.8 Å². The minimum Gasteiger partial charge on any atom is -0.497 e. The minimum absolute atomic E-state index is 0.434. The lowest BCUT2D eigenvalue weighted by Crippen LogP contribution is -2.03. The Morgan fingerprint density at radius 2 is 1.94 bits per heavy atom. The van der Waals surface area contributed by atoms with Gasteiger partial charge in [-0.3, -0.25) is 4.68 Å². The number of methoxy groups -OCH3 is 1. The van der Waals surface area contributed by atoms with Gasteiger partial charge in [0.2, 0.25) is 0 Å². The third kappa shape index (κ3) is 2.25. The van der Waals surface area contributed by atoms with Gasteiger partial charge in [-0.2, -0.15) is 5.10 Å². The first-order chi connectivity index (χ1) is 8.65. The molecule has 0 atom stereocenters. The van der Waals surface area contributed by atoms with Gasteiger partial charge in [0, 0.05) is 0 Å². The van der Waals surface area contributed by atoms with Crippen molar-refractivity contribution in [3.05, 3.63) is 46.1 Å². The van der Waals surface area contributed by atoms with E-state index in [-0.39, 0.29) is 0 Å². The number of benzene rings is 1. The normalized spacial score (nSPS) is 10.4. The van der Waals surface area contributed by atoms with Crippen molar-refractivity contribution in [1.82, 2.24) is 9.78 Å². The van der Waals surface area contributed by atoms with Gasteiger partial charge in [0.15, 0.2) is 5.69 Å². The highest BCUT2D eigenvalue weighted by Crippen LogP contribution is 2.23. The largest absolute Gasteiger partial charge is 0.497 e. The third-order valence-electron chi connectivity index (χ3n) is 2.93. The second-order valence-corrected chi connectivity index (χ2v) is 4.12. The van der Waals surface area contributed by atoms with E-state index < -0.39 is 0 Å². The van der Waals surface area contributed by atoms with Crippen molar-refractivity contribution in [2.75, 3.05) is 7.11 Å². The predicted octanol–water partition coefficient (Wildman–Crippen LogP) is 2.95. The maximum atomic E-state index is 10.7. The molecule has 18 heavy (non-hydrogen) atoms. The average Bonchev–Trinajstić information content (AvgIpc) is 2.65. The van der Waals surface area contributed by atoms with Crippen LogP contribution in [-0.2, 0) is 6.54 Å². The summed E-state index contributed by atoms with van der Waals surface area (Å²) in [6, 6.07) is 7.76. The van der Waals surface area contributed by atoms with Gasteiger partial charge in [0.25, 0.3) is 0 Å². The predicted molar refractivity (Wildman–Crippen MR) is 69.3 cm³/mol. The van der Waals surface area contributed by atoms with E-state index in [1.54, 1.807) is 18.7 Å². The summed E-state index contributed by atoms with van der Waals surface area (Å²) in [6.45, 7) is 4.25. The Kier molecular flexibility index (Phi) is 3.41. The molecule has 1 aromatic heterocycles. The molecule has 0 N–H and O–H groups in total. The van der Waals surface area contributed by atoms with Gasteiger partial charge >= 0.3 is 0 Å². The Balaban J connectivity index is 2.25. The van der Waals surface area contributed by atoms with Gasteiger partial charge in [0.1, 0.15) is 5.75 Å². The summed E-state index contributed by atoms with van der Waals surface area (Å²) >= 11 is 0. The van der Waals surface area contributed by atoms with Crippen LogP contribution in [-0.4, -0.2) is 16.9 Å². The average molecular weight is 245 g/mol. The highest BCUT2D eigenvalue weighted by Gasteiger charge is 2.11. The van der Waals surface area contributed by atoms with E-state index in [1.807, 2.05) is 31.2 Å². The lowest BCUT2D eigenvalue weighted by molar-refractivity contribution is 0.414. The zero-order valence-electron chi connectivity index (χ0n) is 10.7. The molecule has 0 saturated carbocycles. The van der Waals surface area contributed by atoms with Crippen LogP contribution in [0.15, 0.2) is 29.4 Å². The van der Waals surface area contributed by atoms with Crippen molar-refractivity contribution < 1.29 is 4.74 Å². The van der Waals surface area contributed by atoms with Crippen molar-refractivity contribution in [2.45, 2.75) is 20.4 Å². The Morgan fingerprint density at radius 3 is 2.44 bits per heavy atom. The van der Waals surface area contributed by atoms with E-state index in [1.165, 1.54) is 0 Å². The maximum Gasteiger partial charge on any atom is 0.151 e. The molecule has 0 unspecified atom stereocenters. The molecule has 0 aliphatic heterocycles. The van der Waals surface area contributed by atoms with E-state index >= 15 is 0 Å². The number of hydrogen-bond acceptors (Lipinski definition) is 4. The molecule has 1 heterocycles. The summed E-state index contributed by atoms with van der Waals surface area (Å²) < 4.78 is 6.89. The minimum atomic E-state index is 0.434. The number of rotatable bonds is 4. The molecule has 0 amide bonds. The molecular formula is C13H15N3O2. The molecular weight excluding hydrogens is 230 g/mol. The van der Waals surface area contributed by atoms with E-state index in [4.69, 9.17) is 4.74 Å². The molecule has 0 bridgehead atoms. The van der Waals surface area contributed by atoms with Gasteiger partial charge in [-0.15, -0.1) is 4.91 Å². The van der Waals surface area contributed by atoms with Crippen LogP contribution in [0.25, 0.3) is 0 Å². The van der Waals surface area contributed by atoms with Crippen LogP contribution in [0.1, 0.15) is 17.0 Å². The van der Waals surface area contributed by atoms with Crippen LogP contribution in [0.3, 0.4) is 0 Å². The second kappa shape index (κ2) is 5.00. The lowest BCUT2D eigenvalue weighted by Gasteiger charge is -2.05. The number of nitrogens with zero attached hydrogens (tertiary/aromatic N) is 3. The standard InChI is InChI=1S/C13H15N3O2/c1-9-13(15-17)10(2)16(14-9)8-11-4-6-12(18-3)7-5-11/h4-7H,8H2,1-3H3. The Bertz CT molecular complexity index is 558. The zero-order chi connectivity index (χ0) is 13.1. The smallest absolute Gasteiger partial charge is 0.151 e. The summed E-state index contributed by atoms with van der Waals surface area (Å²) in [5.41, 5.74) is 2.98. The summed E-state index contributed by atoms with van der Waals surface area (Å²) in [7, 11) is 1.64. The van der Waals surface area contributed by atoms with Crippen molar-refractivity contribution in [3.8, 4) is 5.75 Å². The highest BCUT2D eigenvalue weighted by atomic mass is 16.5. The van der Waals surface area contributed by atoms with Crippen LogP contribution < -0.4 is 4.74 Å². The monoisotopic (exact) mass is 245 g/mol. The van der Waals surface area contributed by atoms with E-state index in [9.17, 15) is 4.91 Å². The fourth-order valence-corrected chi connectivity index (χ4v) is 1.88. The molecule has 1 aromatic carbocycles. The van der Waals surface area contributed by atoms with Crippen LogP contribution >= 0.6 is 0 Å². The molecule has 2 aromatic rings. The molecule has 2 rings (SSSR count). The first-order valence-electron chi connectivity index (χ1n) is 5.66. The third-order valence-corrected chi connectivity index (χ3v) is 2.93. The molecule has 0 aliphatic rings. The Morgan fingerprint density at radius 1 is 1.28 bits per heavy atom. The number of aryl methyl sites for hydroxylation is 1. The first-order valence-corrected chi connectivity index (χ1v) is 5.66. The summed E-state index contributed by atoms with van der Waals surface area (Å²) in [6.07, 6.45) is 0. The number of ether oxygens (including phenoxy) is 1. The molecule has 94 valence electrons. The van der Waals surface area contributed by atoms with Crippen molar-refractivity contribution in [3.63, 3.8) is 0 Å². The first kappa shape index (κ1) is 12.3. The van der Waals surface area contributed by atoms with Gasteiger partial charge in [0.05, 0.1) is 25.0 Å². The fraction of sp³-hybridized carbons (Fsp3) is 0.308. The highest BCUT2D eigenvalue weighted by molar-refractivity contribution is 5.46. The molecule has 0 spiro atoms. The number of nitroso groups, excluding NO2 is 1. The van der Waals surface area contributed by atoms with Crippen LogP contribution in [0.2, 0.25) is 0 Å². The second-order valence-electron chi connectivity index (χ2n) is 4.12. The van der Waals surface area contributed by atoms with E-state index in [0.29, 0.717) is 17.9 Å². The van der Waals surface area contributed by atoms with Gasteiger partial charge in [-0.05, 0) is 36.7 Å².